The quantitative estimate of drug-likeness (QED) is 0.146. The Kier molecular flexibility index (Phi) is 5.64. The fourth-order valence-corrected chi connectivity index (χ4v) is 7.80. The summed E-state index contributed by atoms with van der Waals surface area (Å²) in [4.78, 5) is 0. The van der Waals surface area contributed by atoms with Gasteiger partial charge in [-0.3, -0.25) is 0 Å². The van der Waals surface area contributed by atoms with Crippen molar-refractivity contribution in [1.82, 2.24) is 0 Å². The maximum Gasteiger partial charge on any atom is 0.135 e. The molecule has 1 aliphatic heterocycles. The lowest BCUT2D eigenvalue weighted by atomic mass is 9.82. The number of ether oxygens (including phenoxy) is 1. The molecule has 0 saturated heterocycles. The summed E-state index contributed by atoms with van der Waals surface area (Å²) in [7, 11) is 0. The van der Waals surface area contributed by atoms with Gasteiger partial charge in [0.15, 0.2) is 0 Å². The van der Waals surface area contributed by atoms with Gasteiger partial charge in [-0.2, -0.15) is 0 Å². The number of hydrogen-bond donors (Lipinski definition) is 0. The molecule has 1 nitrogen and oxygen atoms in total. The van der Waals surface area contributed by atoms with Crippen LogP contribution in [-0.4, -0.2) is 0 Å². The van der Waals surface area contributed by atoms with Gasteiger partial charge in [-0.1, -0.05) is 146 Å². The molecule has 0 radical (unpaired) electrons. The van der Waals surface area contributed by atoms with Gasteiger partial charge in [0.2, 0.25) is 0 Å². The van der Waals surface area contributed by atoms with E-state index < -0.39 is 0 Å². The highest BCUT2D eigenvalue weighted by molar-refractivity contribution is 6.29. The standard InChI is InChI=1S/C46H28O/c1-3-12-29(13-4-1)32-23-26-41-40(28-32)37-21-11-20-36-38(25-27-42(47-41)45(36)37)44-35-19-10-9-18-34(35)43(31-15-5-2-6-16-31)46-33-17-8-7-14-30(33)22-24-39(44)46/h1-28H. The Bertz CT molecular complexity index is 2690. The Hall–Kier alpha value is -6.18. The van der Waals surface area contributed by atoms with Crippen LogP contribution in [0.3, 0.4) is 0 Å². The summed E-state index contributed by atoms with van der Waals surface area (Å²) in [5, 5.41) is 9.92. The van der Waals surface area contributed by atoms with Crippen LogP contribution >= 0.6 is 0 Å². The van der Waals surface area contributed by atoms with Crippen LogP contribution in [0.4, 0.5) is 0 Å². The molecule has 1 heteroatoms. The zero-order chi connectivity index (χ0) is 30.9. The Morgan fingerprint density at radius 3 is 1.77 bits per heavy atom. The molecule has 0 aliphatic carbocycles. The molecule has 0 atom stereocenters. The van der Waals surface area contributed by atoms with Crippen LogP contribution < -0.4 is 4.74 Å². The van der Waals surface area contributed by atoms with Gasteiger partial charge in [-0.25, -0.2) is 0 Å². The highest BCUT2D eigenvalue weighted by atomic mass is 16.5. The van der Waals surface area contributed by atoms with Crippen LogP contribution in [0.15, 0.2) is 170 Å². The molecule has 218 valence electrons. The fraction of sp³-hybridized carbons (Fsp3) is 0. The summed E-state index contributed by atoms with van der Waals surface area (Å²) >= 11 is 0. The van der Waals surface area contributed by atoms with Crippen LogP contribution in [0.5, 0.6) is 11.5 Å². The zero-order valence-electron chi connectivity index (χ0n) is 25.6. The number of hydrogen-bond acceptors (Lipinski definition) is 1. The minimum absolute atomic E-state index is 0.895. The van der Waals surface area contributed by atoms with Crippen molar-refractivity contribution in [3.63, 3.8) is 0 Å². The lowest BCUT2D eigenvalue weighted by Crippen LogP contribution is -1.99. The average molecular weight is 597 g/mol. The van der Waals surface area contributed by atoms with E-state index in [4.69, 9.17) is 4.74 Å². The predicted octanol–water partition coefficient (Wildman–Crippen LogP) is 13.1. The van der Waals surface area contributed by atoms with Gasteiger partial charge in [0, 0.05) is 10.9 Å². The van der Waals surface area contributed by atoms with Gasteiger partial charge in [-0.15, -0.1) is 0 Å². The second-order valence-electron chi connectivity index (χ2n) is 12.4. The Labute approximate surface area is 272 Å². The molecule has 1 aliphatic rings. The molecular weight excluding hydrogens is 569 g/mol. The van der Waals surface area contributed by atoms with Gasteiger partial charge >= 0.3 is 0 Å². The smallest absolute Gasteiger partial charge is 0.135 e. The largest absolute Gasteiger partial charge is 0.456 e. The first-order valence-electron chi connectivity index (χ1n) is 16.2. The normalized spacial score (nSPS) is 12.0. The van der Waals surface area contributed by atoms with Crippen molar-refractivity contribution < 1.29 is 4.74 Å². The van der Waals surface area contributed by atoms with E-state index in [2.05, 4.69) is 170 Å². The summed E-state index contributed by atoms with van der Waals surface area (Å²) in [6, 6.07) is 61.4. The van der Waals surface area contributed by atoms with Crippen LogP contribution in [0.1, 0.15) is 0 Å². The third-order valence-corrected chi connectivity index (χ3v) is 9.85. The molecule has 1 heterocycles. The van der Waals surface area contributed by atoms with Crippen molar-refractivity contribution in [2.45, 2.75) is 0 Å². The molecule has 47 heavy (non-hydrogen) atoms. The first-order valence-corrected chi connectivity index (χ1v) is 16.2. The molecular formula is C46H28O. The molecule has 0 amide bonds. The van der Waals surface area contributed by atoms with Gasteiger partial charge in [0.1, 0.15) is 11.5 Å². The second kappa shape index (κ2) is 10.2. The average Bonchev–Trinajstić information content (AvgIpc) is 3.15. The molecule has 0 saturated carbocycles. The van der Waals surface area contributed by atoms with Crippen LogP contribution in [0.25, 0.3) is 87.6 Å². The summed E-state index contributed by atoms with van der Waals surface area (Å²) in [5.41, 5.74) is 9.70. The van der Waals surface area contributed by atoms with E-state index >= 15 is 0 Å². The highest BCUT2D eigenvalue weighted by Crippen LogP contribution is 2.52. The molecule has 0 N–H and O–H groups in total. The summed E-state index contributed by atoms with van der Waals surface area (Å²) in [5.74, 6) is 1.80. The first-order chi connectivity index (χ1) is 23.3. The number of benzene rings is 9. The van der Waals surface area contributed by atoms with Gasteiger partial charge in [0.05, 0.1) is 0 Å². The van der Waals surface area contributed by atoms with Crippen molar-refractivity contribution >= 4 is 43.1 Å². The van der Waals surface area contributed by atoms with Gasteiger partial charge in [0.25, 0.3) is 0 Å². The summed E-state index contributed by atoms with van der Waals surface area (Å²) < 4.78 is 6.64. The minimum Gasteiger partial charge on any atom is -0.456 e. The minimum atomic E-state index is 0.895. The second-order valence-corrected chi connectivity index (χ2v) is 12.4. The molecule has 0 bridgehead atoms. The van der Waals surface area contributed by atoms with E-state index in [1.165, 1.54) is 76.6 Å². The third-order valence-electron chi connectivity index (χ3n) is 9.85. The van der Waals surface area contributed by atoms with Crippen LogP contribution in [-0.2, 0) is 0 Å². The van der Waals surface area contributed by atoms with Gasteiger partial charge < -0.3 is 4.74 Å². The molecule has 0 unspecified atom stereocenters. The summed E-state index contributed by atoms with van der Waals surface area (Å²) in [6.07, 6.45) is 0. The van der Waals surface area contributed by atoms with E-state index in [1.54, 1.807) is 0 Å². The summed E-state index contributed by atoms with van der Waals surface area (Å²) in [6.45, 7) is 0. The SMILES string of the molecule is c1ccc(-c2ccc3c(c2)-c2cccc4c(-c5c6ccccc6c(-c6ccccc6)c6c5ccc5ccccc56)ccc(c24)O3)cc1. The van der Waals surface area contributed by atoms with Crippen molar-refractivity contribution in [3.05, 3.63) is 170 Å². The Balaban J connectivity index is 1.31. The van der Waals surface area contributed by atoms with E-state index in [1.807, 2.05) is 0 Å². The first kappa shape index (κ1) is 26.1. The molecule has 0 aromatic heterocycles. The van der Waals surface area contributed by atoms with Gasteiger partial charge in [-0.05, 0) is 101 Å². The van der Waals surface area contributed by atoms with Crippen LogP contribution in [0.2, 0.25) is 0 Å². The Morgan fingerprint density at radius 1 is 0.298 bits per heavy atom. The lowest BCUT2D eigenvalue weighted by Gasteiger charge is -2.24. The van der Waals surface area contributed by atoms with E-state index in [0.717, 1.165) is 22.4 Å². The number of rotatable bonds is 3. The monoisotopic (exact) mass is 596 g/mol. The Morgan fingerprint density at radius 2 is 0.957 bits per heavy atom. The third kappa shape index (κ3) is 3.90. The molecule has 9 aromatic rings. The maximum atomic E-state index is 6.64. The zero-order valence-corrected chi connectivity index (χ0v) is 25.6. The van der Waals surface area contributed by atoms with Crippen molar-refractivity contribution in [2.24, 2.45) is 0 Å². The lowest BCUT2D eigenvalue weighted by molar-refractivity contribution is 0.487. The van der Waals surface area contributed by atoms with Crippen molar-refractivity contribution in [1.29, 1.82) is 0 Å². The molecule has 10 rings (SSSR count). The molecule has 0 spiro atoms. The van der Waals surface area contributed by atoms with Crippen molar-refractivity contribution in [2.75, 3.05) is 0 Å². The fourth-order valence-electron chi connectivity index (χ4n) is 7.80. The topological polar surface area (TPSA) is 9.23 Å². The predicted molar refractivity (Wildman–Crippen MR) is 198 cm³/mol. The highest BCUT2D eigenvalue weighted by Gasteiger charge is 2.25. The molecule has 0 fully saturated rings. The van der Waals surface area contributed by atoms with E-state index in [9.17, 15) is 0 Å². The molecule has 9 aromatic carbocycles. The van der Waals surface area contributed by atoms with E-state index in [0.29, 0.717) is 0 Å². The van der Waals surface area contributed by atoms with Crippen molar-refractivity contribution in [3.8, 4) is 56.0 Å². The number of fused-ring (bicyclic) bond motifs is 6. The maximum absolute atomic E-state index is 6.64. The van der Waals surface area contributed by atoms with Crippen LogP contribution in [0, 0.1) is 0 Å². The van der Waals surface area contributed by atoms with E-state index in [-0.39, 0.29) is 0 Å².